The molecule has 1 N–H and O–H groups in total. The summed E-state index contributed by atoms with van der Waals surface area (Å²) >= 11 is 1.08. The van der Waals surface area contributed by atoms with E-state index in [1.165, 1.54) is 31.4 Å². The van der Waals surface area contributed by atoms with Crippen LogP contribution in [0.3, 0.4) is 0 Å². The quantitative estimate of drug-likeness (QED) is 0.521. The standard InChI is InChI=1S/C25H27F2N3OS/c1-16-6-5-7-17(2)30(16)13-12-28-25(31)20-15-24(29-22-9-4-3-8-19(20)22)32-23-11-10-18(26)14-21(23)27/h3-4,8-11,14-17H,5-7,12-13H2,1-2H3,(H,28,31)/t16-,17-/m1/s1. The first-order valence-electron chi connectivity index (χ1n) is 11.0. The number of nitrogens with zero attached hydrogens (tertiary/aromatic N) is 2. The Balaban J connectivity index is 1.53. The lowest BCUT2D eigenvalue weighted by molar-refractivity contribution is 0.0890. The molecule has 1 aliphatic rings. The summed E-state index contributed by atoms with van der Waals surface area (Å²) in [5.74, 6) is -1.46. The Labute approximate surface area is 191 Å². The van der Waals surface area contributed by atoms with Crippen molar-refractivity contribution in [3.05, 3.63) is 65.7 Å². The Bertz CT molecular complexity index is 1110. The first kappa shape index (κ1) is 22.7. The summed E-state index contributed by atoms with van der Waals surface area (Å²) in [5.41, 5.74) is 1.16. The molecule has 7 heteroatoms. The maximum atomic E-state index is 14.1. The van der Waals surface area contributed by atoms with Crippen molar-refractivity contribution in [2.75, 3.05) is 13.1 Å². The summed E-state index contributed by atoms with van der Waals surface area (Å²) in [4.78, 5) is 20.4. The van der Waals surface area contributed by atoms with Crippen LogP contribution in [-0.2, 0) is 0 Å². The summed E-state index contributed by atoms with van der Waals surface area (Å²) in [6, 6.07) is 13.6. The van der Waals surface area contributed by atoms with Crippen LogP contribution >= 0.6 is 11.8 Å². The summed E-state index contributed by atoms with van der Waals surface area (Å²) in [7, 11) is 0. The van der Waals surface area contributed by atoms with Gasteiger partial charge in [0.15, 0.2) is 0 Å². The molecule has 4 rings (SSSR count). The van der Waals surface area contributed by atoms with E-state index in [-0.39, 0.29) is 10.8 Å². The van der Waals surface area contributed by atoms with Crippen molar-refractivity contribution in [1.29, 1.82) is 0 Å². The molecule has 3 aromatic rings. The van der Waals surface area contributed by atoms with Gasteiger partial charge in [0, 0.05) is 41.5 Å². The zero-order valence-corrected chi connectivity index (χ0v) is 19.1. The fraction of sp³-hybridized carbons (Fsp3) is 0.360. The lowest BCUT2D eigenvalue weighted by atomic mass is 9.98. The highest BCUT2D eigenvalue weighted by Gasteiger charge is 2.24. The highest BCUT2D eigenvalue weighted by Crippen LogP contribution is 2.31. The van der Waals surface area contributed by atoms with E-state index in [1.807, 2.05) is 24.3 Å². The molecular formula is C25H27F2N3OS. The predicted octanol–water partition coefficient (Wildman–Crippen LogP) is 5.66. The molecule has 2 heterocycles. The number of halogens is 2. The lowest BCUT2D eigenvalue weighted by Crippen LogP contribution is -2.47. The van der Waals surface area contributed by atoms with Crippen molar-refractivity contribution in [3.8, 4) is 0 Å². The number of amides is 1. The average Bonchev–Trinajstić information content (AvgIpc) is 2.77. The number of pyridine rings is 1. The van der Waals surface area contributed by atoms with Gasteiger partial charge in [-0.3, -0.25) is 9.69 Å². The Morgan fingerprint density at radius 1 is 1.12 bits per heavy atom. The highest BCUT2D eigenvalue weighted by atomic mass is 32.2. The van der Waals surface area contributed by atoms with Gasteiger partial charge in [-0.15, -0.1) is 0 Å². The average molecular weight is 456 g/mol. The van der Waals surface area contributed by atoms with Crippen LogP contribution in [0.2, 0.25) is 0 Å². The van der Waals surface area contributed by atoms with E-state index in [4.69, 9.17) is 0 Å². The fourth-order valence-corrected chi connectivity index (χ4v) is 5.21. The van der Waals surface area contributed by atoms with Crippen LogP contribution in [0.15, 0.2) is 58.5 Å². The van der Waals surface area contributed by atoms with E-state index in [9.17, 15) is 13.6 Å². The van der Waals surface area contributed by atoms with E-state index in [1.54, 1.807) is 6.07 Å². The monoisotopic (exact) mass is 455 g/mol. The number of benzene rings is 2. The first-order valence-corrected chi connectivity index (χ1v) is 11.8. The Morgan fingerprint density at radius 2 is 1.88 bits per heavy atom. The second-order valence-corrected chi connectivity index (χ2v) is 9.39. The number of rotatable bonds is 6. The van der Waals surface area contributed by atoms with Gasteiger partial charge in [-0.25, -0.2) is 13.8 Å². The molecule has 0 unspecified atom stereocenters. The summed E-state index contributed by atoms with van der Waals surface area (Å²) < 4.78 is 27.4. The minimum absolute atomic E-state index is 0.178. The van der Waals surface area contributed by atoms with E-state index in [2.05, 4.69) is 29.0 Å². The van der Waals surface area contributed by atoms with Crippen molar-refractivity contribution in [2.45, 2.75) is 55.1 Å². The third-order valence-corrected chi connectivity index (χ3v) is 7.05. The van der Waals surface area contributed by atoms with E-state index in [0.717, 1.165) is 29.8 Å². The molecule has 1 fully saturated rings. The summed E-state index contributed by atoms with van der Waals surface area (Å²) in [6.07, 6.45) is 3.63. The summed E-state index contributed by atoms with van der Waals surface area (Å²) in [6.45, 7) is 5.84. The lowest BCUT2D eigenvalue weighted by Gasteiger charge is -2.39. The number of piperidine rings is 1. The minimum atomic E-state index is -0.652. The molecule has 2 atom stereocenters. The van der Waals surface area contributed by atoms with E-state index < -0.39 is 11.6 Å². The Morgan fingerprint density at radius 3 is 2.62 bits per heavy atom. The van der Waals surface area contributed by atoms with Crippen LogP contribution in [0.5, 0.6) is 0 Å². The number of fused-ring (bicyclic) bond motifs is 1. The topological polar surface area (TPSA) is 45.2 Å². The fourth-order valence-electron chi connectivity index (χ4n) is 4.37. The maximum Gasteiger partial charge on any atom is 0.252 e. The molecule has 2 aromatic carbocycles. The number of nitrogens with one attached hydrogen (secondary N) is 1. The van der Waals surface area contributed by atoms with E-state index >= 15 is 0 Å². The predicted molar refractivity (Wildman–Crippen MR) is 124 cm³/mol. The van der Waals surface area contributed by atoms with Crippen LogP contribution in [0, 0.1) is 11.6 Å². The van der Waals surface area contributed by atoms with Gasteiger partial charge in [0.2, 0.25) is 0 Å². The number of carbonyl (C=O) groups is 1. The molecule has 1 amide bonds. The van der Waals surface area contributed by atoms with Crippen LogP contribution in [-0.4, -0.2) is 41.0 Å². The van der Waals surface area contributed by atoms with E-state index in [0.29, 0.717) is 34.7 Å². The molecule has 0 aliphatic carbocycles. The van der Waals surface area contributed by atoms with Crippen molar-refractivity contribution < 1.29 is 13.6 Å². The molecular weight excluding hydrogens is 428 g/mol. The molecule has 1 aromatic heterocycles. The number of aromatic nitrogens is 1. The van der Waals surface area contributed by atoms with Crippen LogP contribution < -0.4 is 5.32 Å². The Kier molecular flexibility index (Phi) is 7.06. The van der Waals surface area contributed by atoms with Gasteiger partial charge in [-0.2, -0.15) is 0 Å². The third kappa shape index (κ3) is 5.10. The SMILES string of the molecule is C[C@@H]1CCC[C@@H](C)N1CCNC(=O)c1cc(Sc2ccc(F)cc2F)nc2ccccc12. The van der Waals surface area contributed by atoms with Crippen molar-refractivity contribution in [2.24, 2.45) is 0 Å². The molecule has 0 saturated carbocycles. The normalized spacial score (nSPS) is 19.2. The third-order valence-electron chi connectivity index (χ3n) is 6.08. The van der Waals surface area contributed by atoms with Crippen molar-refractivity contribution in [3.63, 3.8) is 0 Å². The molecule has 1 saturated heterocycles. The molecule has 0 radical (unpaired) electrons. The zero-order valence-electron chi connectivity index (χ0n) is 18.3. The number of likely N-dealkylation sites (tertiary alicyclic amines) is 1. The largest absolute Gasteiger partial charge is 0.351 e. The highest BCUT2D eigenvalue weighted by molar-refractivity contribution is 7.99. The molecule has 0 spiro atoms. The van der Waals surface area contributed by atoms with Crippen molar-refractivity contribution >= 4 is 28.6 Å². The molecule has 0 bridgehead atoms. The first-order chi connectivity index (χ1) is 15.4. The van der Waals surface area contributed by atoms with Crippen LogP contribution in [0.4, 0.5) is 8.78 Å². The van der Waals surface area contributed by atoms with Gasteiger partial charge >= 0.3 is 0 Å². The molecule has 32 heavy (non-hydrogen) atoms. The van der Waals surface area contributed by atoms with Gasteiger partial charge < -0.3 is 5.32 Å². The van der Waals surface area contributed by atoms with Crippen molar-refractivity contribution in [1.82, 2.24) is 15.2 Å². The van der Waals surface area contributed by atoms with Crippen LogP contribution in [0.1, 0.15) is 43.5 Å². The second kappa shape index (κ2) is 9.96. The smallest absolute Gasteiger partial charge is 0.252 e. The number of hydrogen-bond acceptors (Lipinski definition) is 4. The maximum absolute atomic E-state index is 14.1. The summed E-state index contributed by atoms with van der Waals surface area (Å²) in [5, 5.41) is 4.28. The zero-order chi connectivity index (χ0) is 22.7. The molecule has 1 aliphatic heterocycles. The number of carbonyl (C=O) groups excluding carboxylic acids is 1. The van der Waals surface area contributed by atoms with Gasteiger partial charge in [-0.05, 0) is 51.0 Å². The van der Waals surface area contributed by atoms with Crippen LogP contribution in [0.25, 0.3) is 10.9 Å². The van der Waals surface area contributed by atoms with Gasteiger partial charge in [0.05, 0.1) is 11.1 Å². The van der Waals surface area contributed by atoms with Gasteiger partial charge in [0.25, 0.3) is 5.91 Å². The van der Waals surface area contributed by atoms with Gasteiger partial charge in [0.1, 0.15) is 16.7 Å². The number of hydrogen-bond donors (Lipinski definition) is 1. The molecule has 4 nitrogen and oxygen atoms in total. The minimum Gasteiger partial charge on any atom is -0.351 e. The molecule has 168 valence electrons. The Hall–Kier alpha value is -2.51. The second-order valence-electron chi connectivity index (χ2n) is 8.32. The van der Waals surface area contributed by atoms with Gasteiger partial charge in [-0.1, -0.05) is 36.4 Å². The number of para-hydroxylation sites is 1.